The number of nitrogens with one attached hydrogen (secondary N) is 1. The van der Waals surface area contributed by atoms with Crippen molar-refractivity contribution < 1.29 is 9.59 Å². The summed E-state index contributed by atoms with van der Waals surface area (Å²) in [6.45, 7) is 7.59. The van der Waals surface area contributed by atoms with Crippen LogP contribution in [0.5, 0.6) is 0 Å². The molecule has 2 rings (SSSR count). The van der Waals surface area contributed by atoms with Crippen molar-refractivity contribution in [2.24, 2.45) is 4.99 Å². The van der Waals surface area contributed by atoms with E-state index in [0.717, 1.165) is 29.5 Å². The summed E-state index contributed by atoms with van der Waals surface area (Å²) in [5, 5.41) is 3.17. The van der Waals surface area contributed by atoms with Crippen LogP contribution in [0, 0.1) is 6.92 Å². The van der Waals surface area contributed by atoms with Crippen LogP contribution in [-0.2, 0) is 9.59 Å². The van der Waals surface area contributed by atoms with Gasteiger partial charge in [0.1, 0.15) is 5.25 Å². The second kappa shape index (κ2) is 7.45. The van der Waals surface area contributed by atoms with Crippen molar-refractivity contribution in [1.29, 1.82) is 0 Å². The molecule has 1 atom stereocenters. The van der Waals surface area contributed by atoms with E-state index in [1.165, 1.54) is 11.8 Å². The Hall–Kier alpha value is -1.82. The lowest BCUT2D eigenvalue weighted by Crippen LogP contribution is -2.28. The summed E-state index contributed by atoms with van der Waals surface area (Å²) in [6, 6.07) is 7.59. The van der Waals surface area contributed by atoms with Crippen LogP contribution in [0.15, 0.2) is 29.3 Å². The molecular formula is C16H21N3O2S. The van der Waals surface area contributed by atoms with Gasteiger partial charge in [-0.3, -0.25) is 9.59 Å². The van der Waals surface area contributed by atoms with E-state index in [4.69, 9.17) is 0 Å². The van der Waals surface area contributed by atoms with Gasteiger partial charge in [0.2, 0.25) is 5.91 Å². The molecule has 1 aromatic carbocycles. The number of benzene rings is 1. The molecule has 1 heterocycles. The molecule has 118 valence electrons. The Morgan fingerprint density at radius 1 is 1.32 bits per heavy atom. The van der Waals surface area contributed by atoms with Crippen LogP contribution in [0.2, 0.25) is 0 Å². The Balaban J connectivity index is 1.94. The number of nitrogens with zero attached hydrogens (tertiary/aromatic N) is 2. The van der Waals surface area contributed by atoms with Gasteiger partial charge in [-0.25, -0.2) is 0 Å². The highest BCUT2D eigenvalue weighted by molar-refractivity contribution is 8.15. The van der Waals surface area contributed by atoms with Crippen molar-refractivity contribution in [2.45, 2.75) is 32.4 Å². The fourth-order valence-corrected chi connectivity index (χ4v) is 3.41. The van der Waals surface area contributed by atoms with Crippen LogP contribution < -0.4 is 5.32 Å². The topological polar surface area (TPSA) is 61.8 Å². The molecule has 1 aromatic rings. The van der Waals surface area contributed by atoms with Crippen molar-refractivity contribution in [1.82, 2.24) is 4.90 Å². The lowest BCUT2D eigenvalue weighted by molar-refractivity contribution is -0.121. The van der Waals surface area contributed by atoms with Gasteiger partial charge in [-0.1, -0.05) is 30.0 Å². The molecule has 6 heteroatoms. The summed E-state index contributed by atoms with van der Waals surface area (Å²) in [7, 11) is 0. The SMILES string of the molecule is CCN(CC)C1=NC(=O)[C@H](CC(=O)Nc2ccccc2C)S1. The molecule has 0 unspecified atom stereocenters. The fourth-order valence-electron chi connectivity index (χ4n) is 2.22. The number of rotatable bonds is 5. The summed E-state index contributed by atoms with van der Waals surface area (Å²) in [5.74, 6) is -0.372. The second-order valence-electron chi connectivity index (χ2n) is 5.08. The van der Waals surface area contributed by atoms with Gasteiger partial charge in [0.15, 0.2) is 5.17 Å². The van der Waals surface area contributed by atoms with Crippen LogP contribution in [0.25, 0.3) is 0 Å². The third kappa shape index (κ3) is 3.88. The molecule has 1 aliphatic heterocycles. The quantitative estimate of drug-likeness (QED) is 0.906. The highest BCUT2D eigenvalue weighted by Gasteiger charge is 2.32. The maximum atomic E-state index is 12.1. The standard InChI is InChI=1S/C16H21N3O2S/c1-4-19(5-2)16-18-15(21)13(22-16)10-14(20)17-12-9-7-6-8-11(12)3/h6-9,13H,4-5,10H2,1-3H3,(H,17,20)/t13-/m0/s1. The number of hydrogen-bond acceptors (Lipinski definition) is 4. The van der Waals surface area contributed by atoms with E-state index < -0.39 is 5.25 Å². The lowest BCUT2D eigenvalue weighted by Gasteiger charge is -2.19. The first-order chi connectivity index (χ1) is 10.5. The number of carbonyl (C=O) groups excluding carboxylic acids is 2. The minimum Gasteiger partial charge on any atom is -0.352 e. The fraction of sp³-hybridized carbons (Fsp3) is 0.438. The van der Waals surface area contributed by atoms with Crippen LogP contribution in [0.3, 0.4) is 0 Å². The van der Waals surface area contributed by atoms with E-state index in [1.807, 2.05) is 49.9 Å². The lowest BCUT2D eigenvalue weighted by atomic mass is 10.2. The normalized spacial score (nSPS) is 17.3. The molecule has 0 aromatic heterocycles. The molecule has 1 N–H and O–H groups in total. The molecule has 0 fully saturated rings. The van der Waals surface area contributed by atoms with E-state index in [0.29, 0.717) is 0 Å². The number of aliphatic imine (C=N–C) groups is 1. The van der Waals surface area contributed by atoms with E-state index in [1.54, 1.807) is 0 Å². The van der Waals surface area contributed by atoms with E-state index in [-0.39, 0.29) is 18.2 Å². The summed E-state index contributed by atoms with van der Waals surface area (Å²) in [6.07, 6.45) is 0.145. The third-order valence-electron chi connectivity index (χ3n) is 3.55. The number of anilines is 1. The smallest absolute Gasteiger partial charge is 0.262 e. The molecule has 5 nitrogen and oxygen atoms in total. The van der Waals surface area contributed by atoms with Gasteiger partial charge in [0.05, 0.1) is 0 Å². The third-order valence-corrected chi connectivity index (χ3v) is 4.77. The Labute approximate surface area is 135 Å². The van der Waals surface area contributed by atoms with Crippen molar-refractivity contribution in [2.75, 3.05) is 18.4 Å². The van der Waals surface area contributed by atoms with Gasteiger partial charge in [-0.2, -0.15) is 4.99 Å². The zero-order chi connectivity index (χ0) is 16.1. The monoisotopic (exact) mass is 319 g/mol. The van der Waals surface area contributed by atoms with Gasteiger partial charge < -0.3 is 10.2 Å². The van der Waals surface area contributed by atoms with Crippen LogP contribution in [0.4, 0.5) is 5.69 Å². The first-order valence-corrected chi connectivity index (χ1v) is 8.32. The summed E-state index contributed by atoms with van der Waals surface area (Å²) in [4.78, 5) is 30.2. The summed E-state index contributed by atoms with van der Waals surface area (Å²) in [5.41, 5.74) is 1.79. The predicted octanol–water partition coefficient (Wildman–Crippen LogP) is 2.66. The second-order valence-corrected chi connectivity index (χ2v) is 6.25. The Morgan fingerprint density at radius 3 is 2.64 bits per heavy atom. The molecule has 0 saturated carbocycles. The van der Waals surface area contributed by atoms with Gasteiger partial charge in [0, 0.05) is 25.2 Å². The van der Waals surface area contributed by atoms with Crippen molar-refractivity contribution in [3.63, 3.8) is 0 Å². The minimum absolute atomic E-state index is 0.145. The average molecular weight is 319 g/mol. The number of amidine groups is 1. The largest absolute Gasteiger partial charge is 0.352 e. The molecular weight excluding hydrogens is 298 g/mol. The Kier molecular flexibility index (Phi) is 5.60. The minimum atomic E-state index is -0.417. The zero-order valence-electron chi connectivity index (χ0n) is 13.1. The van der Waals surface area contributed by atoms with Crippen LogP contribution in [0.1, 0.15) is 25.8 Å². The molecule has 0 aliphatic carbocycles. The van der Waals surface area contributed by atoms with Crippen molar-refractivity contribution in [3.05, 3.63) is 29.8 Å². The molecule has 0 bridgehead atoms. The average Bonchev–Trinajstić information content (AvgIpc) is 2.84. The summed E-state index contributed by atoms with van der Waals surface area (Å²) < 4.78 is 0. The number of hydrogen-bond donors (Lipinski definition) is 1. The van der Waals surface area contributed by atoms with Gasteiger partial charge in [-0.15, -0.1) is 0 Å². The van der Waals surface area contributed by atoms with Crippen LogP contribution in [-0.4, -0.2) is 40.2 Å². The highest BCUT2D eigenvalue weighted by atomic mass is 32.2. The molecule has 1 aliphatic rings. The van der Waals surface area contributed by atoms with Crippen molar-refractivity contribution >= 4 is 34.4 Å². The van der Waals surface area contributed by atoms with Crippen molar-refractivity contribution in [3.8, 4) is 0 Å². The van der Waals surface area contributed by atoms with E-state index >= 15 is 0 Å². The number of thioether (sulfide) groups is 1. The zero-order valence-corrected chi connectivity index (χ0v) is 13.9. The first kappa shape index (κ1) is 16.5. The number of para-hydroxylation sites is 1. The van der Waals surface area contributed by atoms with Gasteiger partial charge in [-0.05, 0) is 32.4 Å². The predicted molar refractivity (Wildman–Crippen MR) is 91.2 cm³/mol. The number of aryl methyl sites for hydroxylation is 1. The first-order valence-electron chi connectivity index (χ1n) is 7.44. The molecule has 0 spiro atoms. The highest BCUT2D eigenvalue weighted by Crippen LogP contribution is 2.27. The molecule has 0 radical (unpaired) electrons. The van der Waals surface area contributed by atoms with E-state index in [2.05, 4.69) is 10.3 Å². The van der Waals surface area contributed by atoms with Gasteiger partial charge >= 0.3 is 0 Å². The van der Waals surface area contributed by atoms with Crippen LogP contribution >= 0.6 is 11.8 Å². The number of amides is 2. The molecule has 2 amide bonds. The number of carbonyl (C=O) groups is 2. The molecule has 22 heavy (non-hydrogen) atoms. The molecule has 0 saturated heterocycles. The maximum absolute atomic E-state index is 12.1. The van der Waals surface area contributed by atoms with E-state index in [9.17, 15) is 9.59 Å². The van der Waals surface area contributed by atoms with Gasteiger partial charge in [0.25, 0.3) is 5.91 Å². The summed E-state index contributed by atoms with van der Waals surface area (Å²) >= 11 is 1.38. The Bertz CT molecular complexity index is 597. The maximum Gasteiger partial charge on any atom is 0.262 e. The Morgan fingerprint density at radius 2 is 2.00 bits per heavy atom.